The number of ether oxygens (including phenoxy) is 1. The number of nitrogens with zero attached hydrogens (tertiary/aromatic N) is 3. The highest BCUT2D eigenvalue weighted by Gasteiger charge is 2.16. The summed E-state index contributed by atoms with van der Waals surface area (Å²) >= 11 is 0. The second-order valence-electron chi connectivity index (χ2n) is 5.40. The topological polar surface area (TPSA) is 86.1 Å². The molecule has 1 heterocycles. The van der Waals surface area contributed by atoms with Gasteiger partial charge in [0, 0.05) is 0 Å². The van der Waals surface area contributed by atoms with Gasteiger partial charge in [-0.3, -0.25) is 0 Å². The number of benzene rings is 2. The van der Waals surface area contributed by atoms with Crippen molar-refractivity contribution in [2.75, 3.05) is 11.3 Å². The first kappa shape index (κ1) is 17.9. The zero-order valence-electron chi connectivity index (χ0n) is 14.0. The van der Waals surface area contributed by atoms with Gasteiger partial charge in [-0.15, -0.1) is 5.10 Å². The molecule has 0 fully saturated rings. The van der Waals surface area contributed by atoms with Gasteiger partial charge in [0.2, 0.25) is 0 Å². The lowest BCUT2D eigenvalue weighted by atomic mass is 10.2. The fourth-order valence-corrected chi connectivity index (χ4v) is 3.20. The molecule has 0 amide bonds. The number of nitrogens with one attached hydrogen (secondary N) is 1. The lowest BCUT2D eigenvalue weighted by Gasteiger charge is -2.06. The molecule has 26 heavy (non-hydrogen) atoms. The van der Waals surface area contributed by atoms with E-state index in [0.29, 0.717) is 18.9 Å². The van der Waals surface area contributed by atoms with Gasteiger partial charge >= 0.3 is 0 Å². The predicted molar refractivity (Wildman–Crippen MR) is 93.9 cm³/mol. The van der Waals surface area contributed by atoms with Gasteiger partial charge in [-0.05, 0) is 48.9 Å². The Bertz CT molecular complexity index is 970. The number of sulfonamides is 1. The quantitative estimate of drug-likeness (QED) is 0.685. The van der Waals surface area contributed by atoms with Crippen LogP contribution in [0.3, 0.4) is 0 Å². The van der Waals surface area contributed by atoms with E-state index in [-0.39, 0.29) is 16.7 Å². The van der Waals surface area contributed by atoms with Crippen LogP contribution in [0.5, 0.6) is 5.75 Å². The maximum absolute atomic E-state index is 12.9. The number of halogens is 1. The van der Waals surface area contributed by atoms with Gasteiger partial charge in [-0.25, -0.2) is 22.2 Å². The second kappa shape index (κ2) is 7.52. The molecule has 9 heteroatoms. The summed E-state index contributed by atoms with van der Waals surface area (Å²) in [6.45, 7) is 2.69. The molecule has 0 spiro atoms. The average Bonchev–Trinajstić information content (AvgIpc) is 3.04. The number of aromatic nitrogens is 3. The smallest absolute Gasteiger partial charge is 0.264 e. The SMILES string of the molecule is CCOc1ccc(S(=O)(=O)Nc2ncn(Cc3ccc(F)cc3)n2)cc1. The Kier molecular flexibility index (Phi) is 5.17. The molecule has 1 aromatic heterocycles. The Morgan fingerprint density at radius 2 is 1.81 bits per heavy atom. The summed E-state index contributed by atoms with van der Waals surface area (Å²) < 4.78 is 46.8. The molecular formula is C17H17FN4O3S. The van der Waals surface area contributed by atoms with Gasteiger partial charge in [0.1, 0.15) is 17.9 Å². The molecule has 7 nitrogen and oxygen atoms in total. The summed E-state index contributed by atoms with van der Waals surface area (Å²) in [6.07, 6.45) is 1.40. The Labute approximate surface area is 150 Å². The minimum absolute atomic E-state index is 0.0407. The Hall–Kier alpha value is -2.94. The third kappa shape index (κ3) is 4.37. The molecule has 0 saturated carbocycles. The van der Waals surface area contributed by atoms with E-state index >= 15 is 0 Å². The van der Waals surface area contributed by atoms with Crippen molar-refractivity contribution in [3.05, 3.63) is 66.2 Å². The third-order valence-corrected chi connectivity index (χ3v) is 4.81. The van der Waals surface area contributed by atoms with Gasteiger partial charge in [0.25, 0.3) is 16.0 Å². The Balaban J connectivity index is 1.70. The standard InChI is InChI=1S/C17H17FN4O3S/c1-2-25-15-7-9-16(10-8-15)26(23,24)21-17-19-12-22(20-17)11-13-3-5-14(18)6-4-13/h3-10,12H,2,11H2,1H3,(H,20,21). The first-order chi connectivity index (χ1) is 12.5. The first-order valence-electron chi connectivity index (χ1n) is 7.86. The summed E-state index contributed by atoms with van der Waals surface area (Å²) in [6, 6.07) is 12.0. The van der Waals surface area contributed by atoms with Crippen molar-refractivity contribution < 1.29 is 17.5 Å². The number of anilines is 1. The fourth-order valence-electron chi connectivity index (χ4n) is 2.26. The van der Waals surface area contributed by atoms with Gasteiger partial charge < -0.3 is 4.74 Å². The molecule has 3 aromatic rings. The molecule has 1 N–H and O–H groups in total. The first-order valence-corrected chi connectivity index (χ1v) is 9.34. The molecule has 0 atom stereocenters. The van der Waals surface area contributed by atoms with Crippen LogP contribution in [-0.2, 0) is 16.6 Å². The molecule has 3 rings (SSSR count). The maximum atomic E-state index is 12.9. The predicted octanol–water partition coefficient (Wildman–Crippen LogP) is 2.67. The Morgan fingerprint density at radius 1 is 1.12 bits per heavy atom. The van der Waals surface area contributed by atoms with Crippen LogP contribution < -0.4 is 9.46 Å². The number of hydrogen-bond donors (Lipinski definition) is 1. The van der Waals surface area contributed by atoms with E-state index in [1.807, 2.05) is 6.92 Å². The molecule has 0 unspecified atom stereocenters. The summed E-state index contributed by atoms with van der Waals surface area (Å²) in [4.78, 5) is 4.03. The number of hydrogen-bond acceptors (Lipinski definition) is 5. The van der Waals surface area contributed by atoms with Gasteiger partial charge in [0.05, 0.1) is 18.0 Å². The van der Waals surface area contributed by atoms with Crippen molar-refractivity contribution in [2.24, 2.45) is 0 Å². The normalized spacial score (nSPS) is 11.3. The number of rotatable bonds is 7. The molecule has 0 bridgehead atoms. The summed E-state index contributed by atoms with van der Waals surface area (Å²) in [5.41, 5.74) is 0.817. The monoisotopic (exact) mass is 376 g/mol. The van der Waals surface area contributed by atoms with E-state index in [9.17, 15) is 12.8 Å². The molecule has 0 aliphatic rings. The van der Waals surface area contributed by atoms with Crippen molar-refractivity contribution in [2.45, 2.75) is 18.4 Å². The van der Waals surface area contributed by atoms with E-state index in [2.05, 4.69) is 14.8 Å². The van der Waals surface area contributed by atoms with E-state index in [1.165, 1.54) is 35.3 Å². The minimum Gasteiger partial charge on any atom is -0.494 e. The molecule has 0 aliphatic heterocycles. The van der Waals surface area contributed by atoms with Crippen LogP contribution in [-0.4, -0.2) is 29.8 Å². The zero-order chi connectivity index (χ0) is 18.6. The molecule has 2 aromatic carbocycles. The highest BCUT2D eigenvalue weighted by Crippen LogP contribution is 2.18. The molecule has 0 aliphatic carbocycles. The van der Waals surface area contributed by atoms with Crippen LogP contribution in [0.25, 0.3) is 0 Å². The van der Waals surface area contributed by atoms with Crippen molar-refractivity contribution in [1.82, 2.24) is 14.8 Å². The average molecular weight is 376 g/mol. The van der Waals surface area contributed by atoms with Crippen LogP contribution in [0.2, 0.25) is 0 Å². The molecule has 0 radical (unpaired) electrons. The Morgan fingerprint density at radius 3 is 2.46 bits per heavy atom. The van der Waals surface area contributed by atoms with Crippen molar-refractivity contribution in [1.29, 1.82) is 0 Å². The zero-order valence-corrected chi connectivity index (χ0v) is 14.8. The second-order valence-corrected chi connectivity index (χ2v) is 7.08. The van der Waals surface area contributed by atoms with E-state index in [0.717, 1.165) is 5.56 Å². The van der Waals surface area contributed by atoms with Crippen LogP contribution in [0.4, 0.5) is 10.3 Å². The van der Waals surface area contributed by atoms with Crippen molar-refractivity contribution in [3.8, 4) is 5.75 Å². The van der Waals surface area contributed by atoms with Gasteiger partial charge in [-0.1, -0.05) is 12.1 Å². The summed E-state index contributed by atoms with van der Waals surface area (Å²) in [5, 5.41) is 4.08. The van der Waals surface area contributed by atoms with Crippen LogP contribution in [0.15, 0.2) is 59.8 Å². The fraction of sp³-hybridized carbons (Fsp3) is 0.176. The largest absolute Gasteiger partial charge is 0.494 e. The van der Waals surface area contributed by atoms with Crippen molar-refractivity contribution in [3.63, 3.8) is 0 Å². The lowest BCUT2D eigenvalue weighted by molar-refractivity contribution is 0.340. The van der Waals surface area contributed by atoms with E-state index in [1.54, 1.807) is 24.3 Å². The van der Waals surface area contributed by atoms with Crippen LogP contribution >= 0.6 is 0 Å². The highest BCUT2D eigenvalue weighted by molar-refractivity contribution is 7.92. The van der Waals surface area contributed by atoms with Crippen LogP contribution in [0.1, 0.15) is 12.5 Å². The van der Waals surface area contributed by atoms with Gasteiger partial charge in [0.15, 0.2) is 0 Å². The highest BCUT2D eigenvalue weighted by atomic mass is 32.2. The van der Waals surface area contributed by atoms with Crippen molar-refractivity contribution >= 4 is 16.0 Å². The van der Waals surface area contributed by atoms with Gasteiger partial charge in [-0.2, -0.15) is 4.98 Å². The molecular weight excluding hydrogens is 359 g/mol. The summed E-state index contributed by atoms with van der Waals surface area (Å²) in [7, 11) is -3.80. The van der Waals surface area contributed by atoms with Crippen LogP contribution in [0, 0.1) is 5.82 Å². The lowest BCUT2D eigenvalue weighted by Crippen LogP contribution is -2.14. The van der Waals surface area contributed by atoms with E-state index in [4.69, 9.17) is 4.74 Å². The maximum Gasteiger partial charge on any atom is 0.264 e. The van der Waals surface area contributed by atoms with E-state index < -0.39 is 10.0 Å². The summed E-state index contributed by atoms with van der Waals surface area (Å²) in [5.74, 6) is 0.227. The molecule has 0 saturated heterocycles. The third-order valence-electron chi connectivity index (χ3n) is 3.46. The minimum atomic E-state index is -3.80. The molecule has 136 valence electrons.